The van der Waals surface area contributed by atoms with Crippen molar-refractivity contribution in [2.45, 2.75) is 70.1 Å². The lowest BCUT2D eigenvalue weighted by atomic mass is 9.78. The van der Waals surface area contributed by atoms with E-state index < -0.39 is 23.1 Å². The minimum Gasteiger partial charge on any atom is -0.465 e. The van der Waals surface area contributed by atoms with E-state index in [2.05, 4.69) is 0 Å². The van der Waals surface area contributed by atoms with E-state index in [1.807, 2.05) is 20.8 Å². The Bertz CT molecular complexity index is 570. The fourth-order valence-corrected chi connectivity index (χ4v) is 3.64. The molecule has 0 aliphatic heterocycles. The molecule has 0 saturated heterocycles. The predicted octanol–water partition coefficient (Wildman–Crippen LogP) is 4.80. The lowest BCUT2D eigenvalue weighted by Crippen LogP contribution is -2.54. The summed E-state index contributed by atoms with van der Waals surface area (Å²) in [6.07, 6.45) is 0.675. The molecule has 1 N–H and O–H groups in total. The SMILES string of the molecule is CC(C)(C)N(C(=O)O)C1CCCC(F)(Cc2ccccc2F)C1. The molecular formula is C18H25F2NO2. The molecule has 128 valence electrons. The van der Waals surface area contributed by atoms with E-state index in [0.717, 1.165) is 0 Å². The fraction of sp³-hybridized carbons (Fsp3) is 0.611. The average Bonchev–Trinajstić information content (AvgIpc) is 2.39. The lowest BCUT2D eigenvalue weighted by Gasteiger charge is -2.45. The van der Waals surface area contributed by atoms with Gasteiger partial charge in [-0.2, -0.15) is 0 Å². The van der Waals surface area contributed by atoms with E-state index in [4.69, 9.17) is 0 Å². The number of rotatable bonds is 3. The van der Waals surface area contributed by atoms with Gasteiger partial charge < -0.3 is 10.0 Å². The molecule has 1 aliphatic rings. The second kappa shape index (κ2) is 6.46. The van der Waals surface area contributed by atoms with E-state index in [1.54, 1.807) is 18.2 Å². The molecule has 1 aromatic carbocycles. The largest absolute Gasteiger partial charge is 0.465 e. The van der Waals surface area contributed by atoms with Crippen LogP contribution in [0.3, 0.4) is 0 Å². The van der Waals surface area contributed by atoms with Gasteiger partial charge in [0.05, 0.1) is 0 Å². The third kappa shape index (κ3) is 4.21. The number of amides is 1. The summed E-state index contributed by atoms with van der Waals surface area (Å²) in [6.45, 7) is 5.44. The second-order valence-electron chi connectivity index (χ2n) is 7.49. The molecule has 1 aromatic rings. The Morgan fingerprint density at radius 3 is 2.61 bits per heavy atom. The molecule has 2 unspecified atom stereocenters. The number of carbonyl (C=O) groups is 1. The van der Waals surface area contributed by atoms with Crippen LogP contribution >= 0.6 is 0 Å². The number of alkyl halides is 1. The minimum atomic E-state index is -1.57. The molecule has 5 heteroatoms. The van der Waals surface area contributed by atoms with E-state index in [-0.39, 0.29) is 18.9 Å². The third-order valence-electron chi connectivity index (χ3n) is 4.52. The summed E-state index contributed by atoms with van der Waals surface area (Å²) in [6, 6.07) is 5.83. The Labute approximate surface area is 136 Å². The van der Waals surface area contributed by atoms with Crippen molar-refractivity contribution in [1.29, 1.82) is 0 Å². The molecule has 0 radical (unpaired) electrons. The van der Waals surface area contributed by atoms with Crippen LogP contribution in [0.2, 0.25) is 0 Å². The Balaban J connectivity index is 2.19. The van der Waals surface area contributed by atoms with E-state index in [0.29, 0.717) is 24.8 Å². The van der Waals surface area contributed by atoms with Crippen LogP contribution in [0.25, 0.3) is 0 Å². The van der Waals surface area contributed by atoms with Crippen molar-refractivity contribution < 1.29 is 18.7 Å². The maximum absolute atomic E-state index is 15.3. The van der Waals surface area contributed by atoms with E-state index in [1.165, 1.54) is 11.0 Å². The number of nitrogens with zero attached hydrogens (tertiary/aromatic N) is 1. The molecule has 23 heavy (non-hydrogen) atoms. The topological polar surface area (TPSA) is 40.5 Å². The summed E-state index contributed by atoms with van der Waals surface area (Å²) in [7, 11) is 0. The average molecular weight is 325 g/mol. The van der Waals surface area contributed by atoms with Gasteiger partial charge in [0.2, 0.25) is 0 Å². The van der Waals surface area contributed by atoms with Gasteiger partial charge in [0.25, 0.3) is 0 Å². The summed E-state index contributed by atoms with van der Waals surface area (Å²) in [5, 5.41) is 9.51. The second-order valence-corrected chi connectivity index (χ2v) is 7.49. The molecule has 2 atom stereocenters. The molecule has 3 nitrogen and oxygen atoms in total. The van der Waals surface area contributed by atoms with E-state index >= 15 is 4.39 Å². The Kier molecular flexibility index (Phi) is 4.97. The maximum atomic E-state index is 15.3. The highest BCUT2D eigenvalue weighted by Gasteiger charge is 2.43. The van der Waals surface area contributed by atoms with Crippen LogP contribution in [-0.4, -0.2) is 33.3 Å². The number of carboxylic acid groups (broad SMARTS) is 1. The Morgan fingerprint density at radius 2 is 2.04 bits per heavy atom. The number of hydrogen-bond acceptors (Lipinski definition) is 1. The van der Waals surface area contributed by atoms with Crippen LogP contribution in [0.15, 0.2) is 24.3 Å². The highest BCUT2D eigenvalue weighted by molar-refractivity contribution is 5.66. The van der Waals surface area contributed by atoms with Gasteiger partial charge in [-0.05, 0) is 51.7 Å². The van der Waals surface area contributed by atoms with Crippen LogP contribution in [0.5, 0.6) is 0 Å². The quantitative estimate of drug-likeness (QED) is 0.867. The molecule has 1 aliphatic carbocycles. The Hall–Kier alpha value is -1.65. The first-order chi connectivity index (χ1) is 10.6. The normalized spacial score (nSPS) is 25.2. The van der Waals surface area contributed by atoms with Crippen LogP contribution < -0.4 is 0 Å². The van der Waals surface area contributed by atoms with Gasteiger partial charge in [-0.3, -0.25) is 0 Å². The number of halogens is 2. The van der Waals surface area contributed by atoms with Gasteiger partial charge >= 0.3 is 6.09 Å². The summed E-state index contributed by atoms with van der Waals surface area (Å²) in [5.41, 5.74) is -1.80. The van der Waals surface area contributed by atoms with Crippen LogP contribution in [0, 0.1) is 5.82 Å². The first-order valence-electron chi connectivity index (χ1n) is 8.07. The van der Waals surface area contributed by atoms with Gasteiger partial charge in [0.1, 0.15) is 11.5 Å². The van der Waals surface area contributed by atoms with Crippen molar-refractivity contribution in [3.63, 3.8) is 0 Å². The number of hydrogen-bond donors (Lipinski definition) is 1. The zero-order valence-electron chi connectivity index (χ0n) is 14.0. The molecule has 0 bridgehead atoms. The highest BCUT2D eigenvalue weighted by Crippen LogP contribution is 2.39. The zero-order valence-corrected chi connectivity index (χ0v) is 14.0. The van der Waals surface area contributed by atoms with Gasteiger partial charge in [-0.25, -0.2) is 13.6 Å². The standard InChI is InChI=1S/C18H25F2NO2/c1-17(2,3)21(16(22)23)14-8-6-10-18(20,12-14)11-13-7-4-5-9-15(13)19/h4-5,7,9,14H,6,8,10-12H2,1-3H3,(H,22,23). The van der Waals surface area contributed by atoms with Crippen LogP contribution in [0.1, 0.15) is 52.0 Å². The van der Waals surface area contributed by atoms with E-state index in [9.17, 15) is 14.3 Å². The van der Waals surface area contributed by atoms with Gasteiger partial charge in [-0.15, -0.1) is 0 Å². The fourth-order valence-electron chi connectivity index (χ4n) is 3.64. The molecule has 1 amide bonds. The van der Waals surface area contributed by atoms with Crippen LogP contribution in [-0.2, 0) is 6.42 Å². The zero-order chi connectivity index (χ0) is 17.3. The monoisotopic (exact) mass is 325 g/mol. The minimum absolute atomic E-state index is 0.00618. The Morgan fingerprint density at radius 1 is 1.39 bits per heavy atom. The van der Waals surface area contributed by atoms with Crippen molar-refractivity contribution in [2.75, 3.05) is 0 Å². The molecule has 1 fully saturated rings. The molecule has 2 rings (SSSR count). The van der Waals surface area contributed by atoms with Gasteiger partial charge in [0, 0.05) is 24.4 Å². The summed E-state index contributed by atoms with van der Waals surface area (Å²) in [5.74, 6) is -0.405. The summed E-state index contributed by atoms with van der Waals surface area (Å²) < 4.78 is 29.1. The number of benzene rings is 1. The molecule has 0 heterocycles. The smallest absolute Gasteiger partial charge is 0.407 e. The van der Waals surface area contributed by atoms with Gasteiger partial charge in [0.15, 0.2) is 0 Å². The lowest BCUT2D eigenvalue weighted by molar-refractivity contribution is 0.00803. The molecule has 0 spiro atoms. The first kappa shape index (κ1) is 17.7. The summed E-state index contributed by atoms with van der Waals surface area (Å²) in [4.78, 5) is 13.0. The highest BCUT2D eigenvalue weighted by atomic mass is 19.1. The summed E-state index contributed by atoms with van der Waals surface area (Å²) >= 11 is 0. The predicted molar refractivity (Wildman–Crippen MR) is 85.8 cm³/mol. The first-order valence-corrected chi connectivity index (χ1v) is 8.07. The van der Waals surface area contributed by atoms with Crippen molar-refractivity contribution in [1.82, 2.24) is 4.90 Å². The molecular weight excluding hydrogens is 300 g/mol. The van der Waals surface area contributed by atoms with Gasteiger partial charge in [-0.1, -0.05) is 18.2 Å². The third-order valence-corrected chi connectivity index (χ3v) is 4.52. The molecule has 1 saturated carbocycles. The van der Waals surface area contributed by atoms with Crippen molar-refractivity contribution in [3.05, 3.63) is 35.6 Å². The molecule has 0 aromatic heterocycles. The van der Waals surface area contributed by atoms with Crippen molar-refractivity contribution in [2.24, 2.45) is 0 Å². The van der Waals surface area contributed by atoms with Crippen LogP contribution in [0.4, 0.5) is 13.6 Å². The maximum Gasteiger partial charge on any atom is 0.407 e. The van der Waals surface area contributed by atoms with Crippen molar-refractivity contribution in [3.8, 4) is 0 Å². The van der Waals surface area contributed by atoms with Crippen molar-refractivity contribution >= 4 is 6.09 Å².